The molecule has 0 heterocycles. The van der Waals surface area contributed by atoms with Crippen molar-refractivity contribution in [2.75, 3.05) is 0 Å². The molecule has 0 aromatic rings. The Labute approximate surface area is 79.9 Å². The van der Waals surface area contributed by atoms with Crippen LogP contribution in [0.1, 0.15) is 40.5 Å². The van der Waals surface area contributed by atoms with Crippen molar-refractivity contribution in [3.63, 3.8) is 0 Å². The molecule has 1 N–H and O–H groups in total. The number of alkyl halides is 2. The number of halogens is 2. The van der Waals surface area contributed by atoms with Crippen molar-refractivity contribution < 1.29 is 8.78 Å². The third kappa shape index (κ3) is 4.55. The maximum atomic E-state index is 12.2. The zero-order chi connectivity index (χ0) is 10.4. The normalized spacial score (nSPS) is 16.6. The second kappa shape index (κ2) is 6.30. The fourth-order valence-electron chi connectivity index (χ4n) is 1.62. The fourth-order valence-corrected chi connectivity index (χ4v) is 1.62. The summed E-state index contributed by atoms with van der Waals surface area (Å²) in [6.07, 6.45) is -0.182. The molecule has 0 bridgehead atoms. The highest BCUT2D eigenvalue weighted by Gasteiger charge is 2.20. The highest BCUT2D eigenvalue weighted by molar-refractivity contribution is 4.74. The van der Waals surface area contributed by atoms with Crippen LogP contribution in [-0.2, 0) is 0 Å². The van der Waals surface area contributed by atoms with Crippen molar-refractivity contribution >= 4 is 0 Å². The molecule has 80 valence electrons. The lowest BCUT2D eigenvalue weighted by molar-refractivity contribution is 0.0954. The van der Waals surface area contributed by atoms with Crippen molar-refractivity contribution in [2.24, 2.45) is 5.92 Å². The largest absolute Gasteiger partial charge is 0.306 e. The van der Waals surface area contributed by atoms with Crippen LogP contribution >= 0.6 is 0 Å². The Morgan fingerprint density at radius 2 is 1.46 bits per heavy atom. The molecule has 1 nitrogen and oxygen atoms in total. The first-order chi connectivity index (χ1) is 6.02. The second-order valence-electron chi connectivity index (χ2n) is 3.66. The summed E-state index contributed by atoms with van der Waals surface area (Å²) in [5, 5.41) is 2.93. The maximum Gasteiger partial charge on any atom is 0.253 e. The van der Waals surface area contributed by atoms with Gasteiger partial charge in [0.05, 0.1) is 6.04 Å². The van der Waals surface area contributed by atoms with Gasteiger partial charge in [0.1, 0.15) is 0 Å². The summed E-state index contributed by atoms with van der Waals surface area (Å²) < 4.78 is 24.4. The first-order valence-electron chi connectivity index (χ1n) is 5.07. The van der Waals surface area contributed by atoms with Crippen LogP contribution < -0.4 is 5.32 Å². The Balaban J connectivity index is 3.89. The van der Waals surface area contributed by atoms with E-state index < -0.39 is 12.5 Å². The van der Waals surface area contributed by atoms with Crippen molar-refractivity contribution in [1.29, 1.82) is 0 Å². The maximum absolute atomic E-state index is 12.2. The molecule has 13 heavy (non-hydrogen) atoms. The van der Waals surface area contributed by atoms with Gasteiger partial charge >= 0.3 is 0 Å². The second-order valence-corrected chi connectivity index (χ2v) is 3.66. The predicted octanol–water partition coefficient (Wildman–Crippen LogP) is 3.05. The van der Waals surface area contributed by atoms with Gasteiger partial charge in [0.15, 0.2) is 0 Å². The molecule has 2 atom stereocenters. The molecule has 0 aromatic heterocycles. The van der Waals surface area contributed by atoms with Gasteiger partial charge in [-0.1, -0.05) is 26.7 Å². The standard InChI is InChI=1S/C10H21F2N/c1-5-9(6-2)7(3)13-8(4)10(11)12/h7-10,13H,5-6H2,1-4H3. The summed E-state index contributed by atoms with van der Waals surface area (Å²) in [5.41, 5.74) is 0. The number of hydrogen-bond donors (Lipinski definition) is 1. The van der Waals surface area contributed by atoms with Gasteiger partial charge in [0.25, 0.3) is 6.43 Å². The lowest BCUT2D eigenvalue weighted by Crippen LogP contribution is -2.42. The molecule has 2 unspecified atom stereocenters. The van der Waals surface area contributed by atoms with Crippen LogP contribution in [0.3, 0.4) is 0 Å². The van der Waals surface area contributed by atoms with Gasteiger partial charge in [-0.25, -0.2) is 8.78 Å². The summed E-state index contributed by atoms with van der Waals surface area (Å²) in [6.45, 7) is 7.71. The molecule has 0 saturated carbocycles. The van der Waals surface area contributed by atoms with E-state index in [9.17, 15) is 8.78 Å². The van der Waals surface area contributed by atoms with Gasteiger partial charge in [0, 0.05) is 6.04 Å². The summed E-state index contributed by atoms with van der Waals surface area (Å²) in [5.74, 6) is 0.501. The van der Waals surface area contributed by atoms with E-state index in [1.165, 1.54) is 6.92 Å². The van der Waals surface area contributed by atoms with E-state index in [-0.39, 0.29) is 6.04 Å². The molecule has 0 saturated heterocycles. The van der Waals surface area contributed by atoms with Crippen LogP contribution in [0.4, 0.5) is 8.78 Å². The molecule has 0 spiro atoms. The van der Waals surface area contributed by atoms with Crippen LogP contribution in [-0.4, -0.2) is 18.5 Å². The molecule has 3 heteroatoms. The van der Waals surface area contributed by atoms with Gasteiger partial charge in [0.2, 0.25) is 0 Å². The van der Waals surface area contributed by atoms with Gasteiger partial charge < -0.3 is 5.32 Å². The Kier molecular flexibility index (Phi) is 6.21. The minimum Gasteiger partial charge on any atom is -0.306 e. The molecule has 0 amide bonds. The van der Waals surface area contributed by atoms with Crippen molar-refractivity contribution in [3.8, 4) is 0 Å². The van der Waals surface area contributed by atoms with E-state index in [4.69, 9.17) is 0 Å². The van der Waals surface area contributed by atoms with E-state index in [0.717, 1.165) is 12.8 Å². The van der Waals surface area contributed by atoms with E-state index in [0.29, 0.717) is 5.92 Å². The molecular weight excluding hydrogens is 172 g/mol. The van der Waals surface area contributed by atoms with E-state index in [2.05, 4.69) is 19.2 Å². The van der Waals surface area contributed by atoms with Gasteiger partial charge in [-0.3, -0.25) is 0 Å². The van der Waals surface area contributed by atoms with Crippen LogP contribution in [0.25, 0.3) is 0 Å². The Morgan fingerprint density at radius 1 is 1.00 bits per heavy atom. The Hall–Kier alpha value is -0.180. The van der Waals surface area contributed by atoms with Crippen LogP contribution in [0.2, 0.25) is 0 Å². The lowest BCUT2D eigenvalue weighted by Gasteiger charge is -2.25. The topological polar surface area (TPSA) is 12.0 Å². The quantitative estimate of drug-likeness (QED) is 0.683. The molecule has 0 fully saturated rings. The smallest absolute Gasteiger partial charge is 0.253 e. The average molecular weight is 193 g/mol. The minimum absolute atomic E-state index is 0.180. The molecule has 0 rings (SSSR count). The van der Waals surface area contributed by atoms with Crippen molar-refractivity contribution in [1.82, 2.24) is 5.32 Å². The van der Waals surface area contributed by atoms with E-state index >= 15 is 0 Å². The average Bonchev–Trinajstić information content (AvgIpc) is 2.06. The zero-order valence-corrected chi connectivity index (χ0v) is 8.98. The molecule has 0 aliphatic carbocycles. The number of hydrogen-bond acceptors (Lipinski definition) is 1. The van der Waals surface area contributed by atoms with E-state index in [1.807, 2.05) is 6.92 Å². The summed E-state index contributed by atoms with van der Waals surface area (Å²) in [4.78, 5) is 0. The molecule has 0 aromatic carbocycles. The summed E-state index contributed by atoms with van der Waals surface area (Å²) >= 11 is 0. The third-order valence-corrected chi connectivity index (χ3v) is 2.66. The minimum atomic E-state index is -2.27. The fraction of sp³-hybridized carbons (Fsp3) is 1.00. The first kappa shape index (κ1) is 12.8. The van der Waals surface area contributed by atoms with Gasteiger partial charge in [-0.2, -0.15) is 0 Å². The third-order valence-electron chi connectivity index (χ3n) is 2.66. The lowest BCUT2D eigenvalue weighted by atomic mass is 9.95. The first-order valence-corrected chi connectivity index (χ1v) is 5.07. The SMILES string of the molecule is CCC(CC)C(C)NC(C)C(F)F. The highest BCUT2D eigenvalue weighted by Crippen LogP contribution is 2.14. The number of rotatable bonds is 6. The number of nitrogens with one attached hydrogen (secondary N) is 1. The van der Waals surface area contributed by atoms with E-state index in [1.54, 1.807) is 0 Å². The van der Waals surface area contributed by atoms with Crippen molar-refractivity contribution in [3.05, 3.63) is 0 Å². The Morgan fingerprint density at radius 3 is 1.77 bits per heavy atom. The molecular formula is C10H21F2N. The Bertz CT molecular complexity index is 124. The highest BCUT2D eigenvalue weighted by atomic mass is 19.3. The van der Waals surface area contributed by atoms with Gasteiger partial charge in [-0.05, 0) is 19.8 Å². The van der Waals surface area contributed by atoms with Crippen LogP contribution in [0.5, 0.6) is 0 Å². The molecule has 0 radical (unpaired) electrons. The van der Waals surface area contributed by atoms with Crippen molar-refractivity contribution in [2.45, 2.75) is 59.0 Å². The summed E-state index contributed by atoms with van der Waals surface area (Å²) in [6, 6.07) is -0.519. The van der Waals surface area contributed by atoms with Gasteiger partial charge in [-0.15, -0.1) is 0 Å². The monoisotopic (exact) mass is 193 g/mol. The zero-order valence-electron chi connectivity index (χ0n) is 8.98. The summed E-state index contributed by atoms with van der Waals surface area (Å²) in [7, 11) is 0. The van der Waals surface area contributed by atoms with Crippen LogP contribution in [0, 0.1) is 5.92 Å². The molecule has 0 aliphatic rings. The van der Waals surface area contributed by atoms with Crippen LogP contribution in [0.15, 0.2) is 0 Å². The predicted molar refractivity (Wildman–Crippen MR) is 52.1 cm³/mol. The molecule has 0 aliphatic heterocycles.